The van der Waals surface area contributed by atoms with Gasteiger partial charge in [-0.3, -0.25) is 4.79 Å². The Labute approximate surface area is 60.8 Å². The lowest BCUT2D eigenvalue weighted by atomic mass is 9.61. The van der Waals surface area contributed by atoms with Gasteiger partial charge < -0.3 is 5.73 Å². The third-order valence-electron chi connectivity index (χ3n) is 3.26. The SMILES string of the molecule is CC12CCC(C(N)=O)(C1)C2. The molecule has 2 heteroatoms. The highest BCUT2D eigenvalue weighted by Crippen LogP contribution is 2.66. The van der Waals surface area contributed by atoms with E-state index in [9.17, 15) is 4.79 Å². The Hall–Kier alpha value is -0.530. The maximum absolute atomic E-state index is 10.9. The fraction of sp³-hybridized carbons (Fsp3) is 0.875. The fourth-order valence-corrected chi connectivity index (χ4v) is 2.77. The minimum atomic E-state index is -0.0672. The summed E-state index contributed by atoms with van der Waals surface area (Å²) in [6.45, 7) is 2.25. The van der Waals surface area contributed by atoms with Crippen molar-refractivity contribution in [3.8, 4) is 0 Å². The summed E-state index contributed by atoms with van der Waals surface area (Å²) in [7, 11) is 0. The maximum atomic E-state index is 10.9. The highest BCUT2D eigenvalue weighted by Gasteiger charge is 2.61. The second kappa shape index (κ2) is 1.39. The van der Waals surface area contributed by atoms with Crippen LogP contribution in [0.4, 0.5) is 0 Å². The molecule has 3 aliphatic carbocycles. The molecule has 1 amide bonds. The number of nitrogens with two attached hydrogens (primary N) is 1. The van der Waals surface area contributed by atoms with Gasteiger partial charge in [-0.2, -0.15) is 0 Å². The van der Waals surface area contributed by atoms with Crippen molar-refractivity contribution in [2.45, 2.75) is 32.6 Å². The van der Waals surface area contributed by atoms with Crippen LogP contribution in [0.2, 0.25) is 0 Å². The molecule has 56 valence electrons. The van der Waals surface area contributed by atoms with Crippen molar-refractivity contribution in [2.75, 3.05) is 0 Å². The van der Waals surface area contributed by atoms with Crippen LogP contribution in [-0.4, -0.2) is 5.91 Å². The number of hydrogen-bond donors (Lipinski definition) is 1. The number of rotatable bonds is 1. The van der Waals surface area contributed by atoms with E-state index in [2.05, 4.69) is 6.92 Å². The van der Waals surface area contributed by atoms with E-state index in [0.717, 1.165) is 19.3 Å². The first-order valence-corrected chi connectivity index (χ1v) is 3.86. The molecule has 2 bridgehead atoms. The maximum Gasteiger partial charge on any atom is 0.223 e. The summed E-state index contributed by atoms with van der Waals surface area (Å²) in [5, 5.41) is 0. The Morgan fingerprint density at radius 1 is 1.40 bits per heavy atom. The molecule has 2 N–H and O–H groups in total. The number of fused-ring (bicyclic) bond motifs is 1. The van der Waals surface area contributed by atoms with Gasteiger partial charge in [0.15, 0.2) is 0 Å². The molecule has 0 aliphatic heterocycles. The van der Waals surface area contributed by atoms with Crippen LogP contribution in [0.25, 0.3) is 0 Å². The summed E-state index contributed by atoms with van der Waals surface area (Å²) >= 11 is 0. The zero-order valence-corrected chi connectivity index (χ0v) is 6.31. The molecule has 2 nitrogen and oxygen atoms in total. The van der Waals surface area contributed by atoms with E-state index in [4.69, 9.17) is 5.73 Å². The molecule has 0 spiro atoms. The molecule has 0 aromatic carbocycles. The van der Waals surface area contributed by atoms with Crippen LogP contribution >= 0.6 is 0 Å². The van der Waals surface area contributed by atoms with E-state index in [0.29, 0.717) is 5.41 Å². The van der Waals surface area contributed by atoms with Crippen molar-refractivity contribution in [3.05, 3.63) is 0 Å². The minimum absolute atomic E-state index is 0.0608. The van der Waals surface area contributed by atoms with Gasteiger partial charge in [-0.15, -0.1) is 0 Å². The smallest absolute Gasteiger partial charge is 0.223 e. The summed E-state index contributed by atoms with van der Waals surface area (Å²) in [5.74, 6) is -0.0672. The zero-order chi connectivity index (χ0) is 7.41. The van der Waals surface area contributed by atoms with Crippen LogP contribution in [0.3, 0.4) is 0 Å². The van der Waals surface area contributed by atoms with Gasteiger partial charge in [0.05, 0.1) is 5.41 Å². The predicted molar refractivity (Wildman–Crippen MR) is 38.2 cm³/mol. The first-order valence-electron chi connectivity index (χ1n) is 3.86. The lowest BCUT2D eigenvalue weighted by Gasteiger charge is -2.43. The quantitative estimate of drug-likeness (QED) is 0.579. The molecule has 0 atom stereocenters. The summed E-state index contributed by atoms with van der Waals surface area (Å²) in [4.78, 5) is 10.9. The first-order chi connectivity index (χ1) is 4.56. The standard InChI is InChI=1S/C8H13NO/c1-7-2-3-8(4-7,5-7)6(9)10/h2-5H2,1H3,(H2,9,10). The average molecular weight is 139 g/mol. The highest BCUT2D eigenvalue weighted by molar-refractivity contribution is 5.83. The second-order valence-corrected chi connectivity index (χ2v) is 4.31. The Morgan fingerprint density at radius 2 is 2.00 bits per heavy atom. The number of primary amides is 1. The topological polar surface area (TPSA) is 43.1 Å². The molecule has 10 heavy (non-hydrogen) atoms. The Morgan fingerprint density at radius 3 is 2.20 bits per heavy atom. The van der Waals surface area contributed by atoms with Crippen LogP contribution in [0.5, 0.6) is 0 Å². The average Bonchev–Trinajstić information content (AvgIpc) is 2.19. The van der Waals surface area contributed by atoms with Gasteiger partial charge in [0.1, 0.15) is 0 Å². The van der Waals surface area contributed by atoms with E-state index >= 15 is 0 Å². The van der Waals surface area contributed by atoms with Crippen molar-refractivity contribution >= 4 is 5.91 Å². The lowest BCUT2D eigenvalue weighted by Crippen LogP contribution is -2.45. The molecule has 0 radical (unpaired) electrons. The summed E-state index contributed by atoms with van der Waals surface area (Å²) in [5.41, 5.74) is 5.71. The van der Waals surface area contributed by atoms with Crippen molar-refractivity contribution in [1.29, 1.82) is 0 Å². The molecule has 0 heterocycles. The minimum Gasteiger partial charge on any atom is -0.369 e. The van der Waals surface area contributed by atoms with E-state index in [1.54, 1.807) is 0 Å². The molecule has 0 unspecified atom stereocenters. The lowest BCUT2D eigenvalue weighted by molar-refractivity contribution is -0.134. The number of hydrogen-bond acceptors (Lipinski definition) is 1. The van der Waals surface area contributed by atoms with E-state index in [-0.39, 0.29) is 11.3 Å². The van der Waals surface area contributed by atoms with Gasteiger partial charge in [-0.25, -0.2) is 0 Å². The van der Waals surface area contributed by atoms with Crippen molar-refractivity contribution < 1.29 is 4.79 Å². The van der Waals surface area contributed by atoms with Crippen LogP contribution in [0.1, 0.15) is 32.6 Å². The molecular formula is C8H13NO. The van der Waals surface area contributed by atoms with Crippen molar-refractivity contribution in [1.82, 2.24) is 0 Å². The third-order valence-corrected chi connectivity index (χ3v) is 3.26. The molecule has 0 aromatic heterocycles. The number of carbonyl (C=O) groups excluding carboxylic acids is 1. The highest BCUT2D eigenvalue weighted by atomic mass is 16.1. The molecule has 0 saturated heterocycles. The fourth-order valence-electron chi connectivity index (χ4n) is 2.77. The van der Waals surface area contributed by atoms with Crippen LogP contribution in [0, 0.1) is 10.8 Å². The third kappa shape index (κ3) is 0.522. The van der Waals surface area contributed by atoms with Crippen LogP contribution < -0.4 is 5.73 Å². The predicted octanol–water partition coefficient (Wildman–Crippen LogP) is 1.05. The van der Waals surface area contributed by atoms with Gasteiger partial charge in [-0.1, -0.05) is 6.92 Å². The Bertz CT molecular complexity index is 191. The number of amides is 1. The van der Waals surface area contributed by atoms with Gasteiger partial charge >= 0.3 is 0 Å². The van der Waals surface area contributed by atoms with E-state index in [1.165, 1.54) is 6.42 Å². The molecule has 3 rings (SSSR count). The van der Waals surface area contributed by atoms with Crippen molar-refractivity contribution in [3.63, 3.8) is 0 Å². The van der Waals surface area contributed by atoms with Gasteiger partial charge in [0, 0.05) is 0 Å². The normalized spacial score (nSPS) is 50.5. The van der Waals surface area contributed by atoms with E-state index in [1.807, 2.05) is 0 Å². The van der Waals surface area contributed by atoms with Gasteiger partial charge in [0.25, 0.3) is 0 Å². The summed E-state index contributed by atoms with van der Waals surface area (Å²) < 4.78 is 0. The van der Waals surface area contributed by atoms with Crippen LogP contribution in [0.15, 0.2) is 0 Å². The molecule has 3 fully saturated rings. The Balaban J connectivity index is 2.20. The van der Waals surface area contributed by atoms with Gasteiger partial charge in [-0.05, 0) is 31.1 Å². The Kier molecular flexibility index (Phi) is 0.859. The monoisotopic (exact) mass is 139 g/mol. The molecule has 3 aliphatic rings. The van der Waals surface area contributed by atoms with Gasteiger partial charge in [0.2, 0.25) is 5.91 Å². The molecule has 3 saturated carbocycles. The molecule has 0 aromatic rings. The summed E-state index contributed by atoms with van der Waals surface area (Å²) in [6, 6.07) is 0. The largest absolute Gasteiger partial charge is 0.369 e. The molecular weight excluding hydrogens is 126 g/mol. The van der Waals surface area contributed by atoms with Crippen LogP contribution in [-0.2, 0) is 4.79 Å². The van der Waals surface area contributed by atoms with Crippen molar-refractivity contribution in [2.24, 2.45) is 16.6 Å². The summed E-state index contributed by atoms with van der Waals surface area (Å²) in [6.07, 6.45) is 4.35. The second-order valence-electron chi connectivity index (χ2n) is 4.31. The first kappa shape index (κ1) is 6.20. The number of carbonyl (C=O) groups is 1. The zero-order valence-electron chi connectivity index (χ0n) is 6.31. The van der Waals surface area contributed by atoms with E-state index < -0.39 is 0 Å².